The van der Waals surface area contributed by atoms with E-state index in [2.05, 4.69) is 78.5 Å². The summed E-state index contributed by atoms with van der Waals surface area (Å²) in [6.45, 7) is 17.3. The molecule has 0 radical (unpaired) electrons. The van der Waals surface area contributed by atoms with Crippen LogP contribution in [0, 0.1) is 10.8 Å². The molecule has 0 aromatic rings. The van der Waals surface area contributed by atoms with Gasteiger partial charge in [-0.05, 0) is 49.3 Å². The molecule has 0 nitrogen and oxygen atoms in total. The highest BCUT2D eigenvalue weighted by Crippen LogP contribution is 2.59. The minimum absolute atomic E-state index is 0.106. The molecule has 1 unspecified atom stereocenters. The molecular weight excluding hydrogens is 228 g/mol. The Morgan fingerprint density at radius 1 is 1.11 bits per heavy atom. The van der Waals surface area contributed by atoms with E-state index in [4.69, 9.17) is 0 Å². The summed E-state index contributed by atoms with van der Waals surface area (Å²) in [5.41, 5.74) is 4.58. The van der Waals surface area contributed by atoms with E-state index < -0.39 is 0 Å². The fourth-order valence-corrected chi connectivity index (χ4v) is 3.68. The van der Waals surface area contributed by atoms with Crippen molar-refractivity contribution in [3.8, 4) is 0 Å². The van der Waals surface area contributed by atoms with Crippen LogP contribution in [0.2, 0.25) is 0 Å². The first kappa shape index (κ1) is 15.8. The zero-order chi connectivity index (χ0) is 14.7. The van der Waals surface area contributed by atoms with Crippen molar-refractivity contribution >= 4 is 0 Å². The number of rotatable bonds is 3. The van der Waals surface area contributed by atoms with Crippen LogP contribution in [0.25, 0.3) is 0 Å². The molecule has 1 rings (SSSR count). The maximum Gasteiger partial charge on any atom is 0.0179 e. The quantitative estimate of drug-likeness (QED) is 0.543. The summed E-state index contributed by atoms with van der Waals surface area (Å²) >= 11 is 0. The Labute approximate surface area is 119 Å². The van der Waals surface area contributed by atoms with E-state index >= 15 is 0 Å². The molecule has 104 valence electrons. The zero-order valence-corrected chi connectivity index (χ0v) is 13.4. The fourth-order valence-electron chi connectivity index (χ4n) is 3.68. The van der Waals surface area contributed by atoms with Crippen molar-refractivity contribution < 1.29 is 0 Å². The molecule has 1 atom stereocenters. The lowest BCUT2D eigenvalue weighted by molar-refractivity contribution is 0.359. The molecule has 0 bridgehead atoms. The Balaban J connectivity index is 3.47. The van der Waals surface area contributed by atoms with Gasteiger partial charge in [0.1, 0.15) is 0 Å². The number of hydrogen-bond acceptors (Lipinski definition) is 0. The van der Waals surface area contributed by atoms with Gasteiger partial charge in [0.25, 0.3) is 0 Å². The zero-order valence-electron chi connectivity index (χ0n) is 13.4. The van der Waals surface area contributed by atoms with Gasteiger partial charge in [0.15, 0.2) is 0 Å². The fraction of sp³-hybridized carbons (Fsp3) is 0.474. The highest BCUT2D eigenvalue weighted by atomic mass is 14.5. The molecule has 0 heteroatoms. The average molecular weight is 256 g/mol. The van der Waals surface area contributed by atoms with Crippen LogP contribution in [0.3, 0.4) is 0 Å². The molecule has 0 N–H and O–H groups in total. The highest BCUT2D eigenvalue weighted by molar-refractivity contribution is 5.53. The van der Waals surface area contributed by atoms with Gasteiger partial charge in [0.2, 0.25) is 0 Å². The SMILES string of the molecule is C=C/C=C1\C(=C/C)C(C)(C(/C=C\C)=C/C)CC1(C)C. The van der Waals surface area contributed by atoms with E-state index in [9.17, 15) is 0 Å². The van der Waals surface area contributed by atoms with Gasteiger partial charge in [-0.3, -0.25) is 0 Å². The minimum atomic E-state index is 0.106. The lowest BCUT2D eigenvalue weighted by atomic mass is 9.75. The lowest BCUT2D eigenvalue weighted by Crippen LogP contribution is -2.18. The predicted molar refractivity (Wildman–Crippen MR) is 87.1 cm³/mol. The standard InChI is InChI=1S/C19H28/c1-8-12-15(10-3)19(7)14-18(5,6)17(13-9-2)16(19)11-4/h8-13H,2,14H2,1,3-7H3/b12-8-,15-10+,16-11+,17-13+. The second kappa shape index (κ2) is 5.77. The maximum absolute atomic E-state index is 3.88. The summed E-state index contributed by atoms with van der Waals surface area (Å²) in [5.74, 6) is 0. The smallest absolute Gasteiger partial charge is 0.0179 e. The van der Waals surface area contributed by atoms with Gasteiger partial charge >= 0.3 is 0 Å². The first-order valence-corrected chi connectivity index (χ1v) is 7.17. The third-order valence-corrected chi connectivity index (χ3v) is 4.28. The van der Waals surface area contributed by atoms with Crippen molar-refractivity contribution in [3.63, 3.8) is 0 Å². The van der Waals surface area contributed by atoms with E-state index in [0.717, 1.165) is 6.42 Å². The minimum Gasteiger partial charge on any atom is -0.0991 e. The van der Waals surface area contributed by atoms with Gasteiger partial charge < -0.3 is 0 Å². The van der Waals surface area contributed by atoms with Gasteiger partial charge in [-0.15, -0.1) is 0 Å². The van der Waals surface area contributed by atoms with Crippen molar-refractivity contribution in [3.05, 3.63) is 59.8 Å². The maximum atomic E-state index is 3.88. The molecule has 0 aromatic carbocycles. The summed E-state index contributed by atoms with van der Waals surface area (Å²) in [6, 6.07) is 0. The highest BCUT2D eigenvalue weighted by Gasteiger charge is 2.47. The van der Waals surface area contributed by atoms with Crippen molar-refractivity contribution in [2.24, 2.45) is 10.8 Å². The van der Waals surface area contributed by atoms with Gasteiger partial charge in [-0.1, -0.05) is 63.8 Å². The molecule has 0 amide bonds. The van der Waals surface area contributed by atoms with Crippen LogP contribution in [0.15, 0.2) is 59.8 Å². The molecule has 1 aliphatic carbocycles. The van der Waals surface area contributed by atoms with Crippen LogP contribution in [0.5, 0.6) is 0 Å². The molecule has 1 aliphatic rings. The van der Waals surface area contributed by atoms with Gasteiger partial charge in [-0.25, -0.2) is 0 Å². The number of hydrogen-bond donors (Lipinski definition) is 0. The van der Waals surface area contributed by atoms with Crippen LogP contribution in [-0.2, 0) is 0 Å². The molecule has 0 saturated heterocycles. The molecular formula is C19H28. The van der Waals surface area contributed by atoms with Crippen molar-refractivity contribution in [1.82, 2.24) is 0 Å². The van der Waals surface area contributed by atoms with E-state index in [1.807, 2.05) is 6.08 Å². The predicted octanol–water partition coefficient (Wildman–Crippen LogP) is 6.00. The molecule has 0 spiro atoms. The summed E-state index contributed by atoms with van der Waals surface area (Å²) < 4.78 is 0. The molecule has 0 aromatic heterocycles. The van der Waals surface area contributed by atoms with Crippen LogP contribution in [0.1, 0.15) is 48.0 Å². The summed E-state index contributed by atoms with van der Waals surface area (Å²) in [5, 5.41) is 0. The second-order valence-electron chi connectivity index (χ2n) is 6.16. The summed E-state index contributed by atoms with van der Waals surface area (Å²) in [7, 11) is 0. The van der Waals surface area contributed by atoms with Crippen molar-refractivity contribution in [1.29, 1.82) is 0 Å². The van der Waals surface area contributed by atoms with Gasteiger partial charge in [0.05, 0.1) is 0 Å². The normalized spacial score (nSPS) is 31.6. The third kappa shape index (κ3) is 2.68. The van der Waals surface area contributed by atoms with Crippen LogP contribution in [0.4, 0.5) is 0 Å². The monoisotopic (exact) mass is 256 g/mol. The molecule has 1 fully saturated rings. The van der Waals surface area contributed by atoms with Crippen LogP contribution < -0.4 is 0 Å². The Kier molecular flexibility index (Phi) is 4.79. The number of allylic oxidation sites excluding steroid dienone is 9. The molecule has 0 heterocycles. The Hall–Kier alpha value is -1.30. The Morgan fingerprint density at radius 2 is 1.74 bits per heavy atom. The first-order valence-electron chi connectivity index (χ1n) is 7.17. The Morgan fingerprint density at radius 3 is 2.16 bits per heavy atom. The topological polar surface area (TPSA) is 0 Å². The third-order valence-electron chi connectivity index (χ3n) is 4.28. The second-order valence-corrected chi connectivity index (χ2v) is 6.16. The largest absolute Gasteiger partial charge is 0.0991 e. The van der Waals surface area contributed by atoms with E-state index in [1.165, 1.54) is 16.7 Å². The lowest BCUT2D eigenvalue weighted by Gasteiger charge is -2.29. The summed E-state index contributed by atoms with van der Waals surface area (Å²) in [4.78, 5) is 0. The van der Waals surface area contributed by atoms with E-state index in [1.54, 1.807) is 0 Å². The molecule has 1 saturated carbocycles. The van der Waals surface area contributed by atoms with E-state index in [-0.39, 0.29) is 10.8 Å². The molecule has 0 aliphatic heterocycles. The van der Waals surface area contributed by atoms with Crippen molar-refractivity contribution in [2.45, 2.75) is 48.0 Å². The Bertz CT molecular complexity index is 466. The van der Waals surface area contributed by atoms with Crippen molar-refractivity contribution in [2.75, 3.05) is 0 Å². The van der Waals surface area contributed by atoms with Crippen LogP contribution in [-0.4, -0.2) is 0 Å². The van der Waals surface area contributed by atoms with Gasteiger partial charge in [-0.2, -0.15) is 0 Å². The average Bonchev–Trinajstić information content (AvgIpc) is 2.54. The summed E-state index contributed by atoms with van der Waals surface area (Å²) in [6.07, 6.45) is 14.1. The van der Waals surface area contributed by atoms with Gasteiger partial charge in [0, 0.05) is 5.41 Å². The molecule has 19 heavy (non-hydrogen) atoms. The van der Waals surface area contributed by atoms with Crippen LogP contribution >= 0.6 is 0 Å². The van der Waals surface area contributed by atoms with E-state index in [0.29, 0.717) is 0 Å². The first-order chi connectivity index (χ1) is 8.87.